The van der Waals surface area contributed by atoms with E-state index in [1.807, 2.05) is 0 Å². The summed E-state index contributed by atoms with van der Waals surface area (Å²) < 4.78 is 23.4. The van der Waals surface area contributed by atoms with Gasteiger partial charge in [-0.25, -0.2) is 8.78 Å². The minimum Gasteiger partial charge on any atom is -0.318 e. The van der Waals surface area contributed by atoms with Gasteiger partial charge in [-0.15, -0.1) is 0 Å². The predicted octanol–water partition coefficient (Wildman–Crippen LogP) is -0.448. The minimum absolute atomic E-state index is 0.241. The third kappa shape index (κ3) is 0.695. The molecule has 1 rings (SSSR count). The van der Waals surface area contributed by atoms with Crippen molar-refractivity contribution in [3.8, 4) is 0 Å². The summed E-state index contributed by atoms with van der Waals surface area (Å²) in [6, 6.07) is 0. The van der Waals surface area contributed by atoms with Gasteiger partial charge in [0, 0.05) is 13.1 Å². The molecule has 0 saturated carbocycles. The highest BCUT2D eigenvalue weighted by molar-refractivity contribution is 4.99. The summed E-state index contributed by atoms with van der Waals surface area (Å²) in [6.07, 6.45) is -2.39. The summed E-state index contributed by atoms with van der Waals surface area (Å²) in [6.45, 7) is 0.481. The molecule has 0 atom stereocenters. The number of rotatable bonds is 1. The number of nitrogens with one attached hydrogen (secondary N) is 1. The van der Waals surface area contributed by atoms with Crippen molar-refractivity contribution < 1.29 is 8.78 Å². The van der Waals surface area contributed by atoms with Crippen LogP contribution in [0.25, 0.3) is 0 Å². The molecule has 0 unspecified atom stereocenters. The van der Waals surface area contributed by atoms with Crippen LogP contribution in [0.4, 0.5) is 8.78 Å². The number of hydrogen-bond acceptors (Lipinski definition) is 2. The molecule has 0 aromatic heterocycles. The molecule has 0 amide bonds. The van der Waals surface area contributed by atoms with Crippen LogP contribution < -0.4 is 11.1 Å². The molecule has 1 aliphatic rings. The molecule has 2 nitrogen and oxygen atoms in total. The molecule has 0 spiro atoms. The molecule has 1 fully saturated rings. The highest BCUT2D eigenvalue weighted by Crippen LogP contribution is 2.15. The van der Waals surface area contributed by atoms with Crippen LogP contribution in [0.5, 0.6) is 0 Å². The minimum atomic E-state index is -2.39. The van der Waals surface area contributed by atoms with Crippen LogP contribution >= 0.6 is 0 Å². The Labute approximate surface area is 46.0 Å². The lowest BCUT2D eigenvalue weighted by Gasteiger charge is -2.37. The van der Waals surface area contributed by atoms with E-state index in [1.165, 1.54) is 0 Å². The van der Waals surface area contributed by atoms with Gasteiger partial charge in [0.2, 0.25) is 0 Å². The first-order valence-electron chi connectivity index (χ1n) is 2.43. The zero-order valence-corrected chi connectivity index (χ0v) is 4.32. The lowest BCUT2D eigenvalue weighted by atomic mass is 9.95. The van der Waals surface area contributed by atoms with Gasteiger partial charge in [0.05, 0.1) is 0 Å². The maximum atomic E-state index is 11.7. The fraction of sp³-hybridized carbons (Fsp3) is 1.00. The first-order chi connectivity index (χ1) is 3.65. The topological polar surface area (TPSA) is 38.0 Å². The SMILES string of the molecule is NC1(C(F)F)CNC1. The van der Waals surface area contributed by atoms with Crippen LogP contribution in [0.3, 0.4) is 0 Å². The van der Waals surface area contributed by atoms with Gasteiger partial charge in [-0.3, -0.25) is 0 Å². The van der Waals surface area contributed by atoms with Gasteiger partial charge in [-0.1, -0.05) is 0 Å². The summed E-state index contributed by atoms with van der Waals surface area (Å²) in [7, 11) is 0. The molecule has 0 aromatic carbocycles. The Morgan fingerprint density at radius 3 is 2.00 bits per heavy atom. The molecule has 4 heteroatoms. The predicted molar refractivity (Wildman–Crippen MR) is 25.8 cm³/mol. The van der Waals surface area contributed by atoms with Gasteiger partial charge in [0.25, 0.3) is 6.43 Å². The van der Waals surface area contributed by atoms with E-state index in [0.717, 1.165) is 0 Å². The largest absolute Gasteiger partial charge is 0.318 e. The Bertz CT molecular complexity index is 90.0. The highest BCUT2D eigenvalue weighted by Gasteiger charge is 2.41. The summed E-state index contributed by atoms with van der Waals surface area (Å²) in [4.78, 5) is 0. The molecule has 1 saturated heterocycles. The van der Waals surface area contributed by atoms with E-state index in [4.69, 9.17) is 5.73 Å². The summed E-state index contributed by atoms with van der Waals surface area (Å²) in [5.41, 5.74) is 3.91. The molecule has 1 aliphatic heterocycles. The summed E-state index contributed by atoms with van der Waals surface area (Å²) in [5, 5.41) is 2.68. The molecule has 3 N–H and O–H groups in total. The quantitative estimate of drug-likeness (QED) is 0.494. The van der Waals surface area contributed by atoms with E-state index in [2.05, 4.69) is 5.32 Å². The van der Waals surface area contributed by atoms with Crippen LogP contribution in [0.15, 0.2) is 0 Å². The number of halogens is 2. The molecule has 0 aliphatic carbocycles. The molecular formula is C4H8F2N2. The second kappa shape index (κ2) is 1.63. The first-order valence-corrected chi connectivity index (χ1v) is 2.43. The maximum Gasteiger partial charge on any atom is 0.258 e. The van der Waals surface area contributed by atoms with E-state index in [1.54, 1.807) is 0 Å². The van der Waals surface area contributed by atoms with Gasteiger partial charge in [0.15, 0.2) is 0 Å². The zero-order valence-electron chi connectivity index (χ0n) is 4.32. The van der Waals surface area contributed by atoms with Crippen molar-refractivity contribution in [2.45, 2.75) is 12.0 Å². The van der Waals surface area contributed by atoms with Crippen molar-refractivity contribution in [1.29, 1.82) is 0 Å². The number of hydrogen-bond donors (Lipinski definition) is 2. The average molecular weight is 122 g/mol. The second-order valence-corrected chi connectivity index (χ2v) is 2.14. The van der Waals surface area contributed by atoms with Crippen molar-refractivity contribution in [2.75, 3.05) is 13.1 Å². The Morgan fingerprint density at radius 2 is 2.00 bits per heavy atom. The van der Waals surface area contributed by atoms with Crippen molar-refractivity contribution >= 4 is 0 Å². The molecule has 1 heterocycles. The van der Waals surface area contributed by atoms with Crippen LogP contribution in [0.2, 0.25) is 0 Å². The van der Waals surface area contributed by atoms with Gasteiger partial charge >= 0.3 is 0 Å². The molecule has 0 aromatic rings. The van der Waals surface area contributed by atoms with Crippen molar-refractivity contribution in [1.82, 2.24) is 5.32 Å². The third-order valence-electron chi connectivity index (χ3n) is 1.34. The Kier molecular flexibility index (Phi) is 1.21. The van der Waals surface area contributed by atoms with E-state index >= 15 is 0 Å². The van der Waals surface area contributed by atoms with Gasteiger partial charge < -0.3 is 11.1 Å². The summed E-state index contributed by atoms with van der Waals surface area (Å²) >= 11 is 0. The first kappa shape index (κ1) is 5.91. The van der Waals surface area contributed by atoms with Crippen LogP contribution in [0.1, 0.15) is 0 Å². The normalized spacial score (nSPS) is 25.5. The Morgan fingerprint density at radius 1 is 1.50 bits per heavy atom. The Balaban J connectivity index is 2.41. The van der Waals surface area contributed by atoms with E-state index < -0.39 is 12.0 Å². The van der Waals surface area contributed by atoms with Gasteiger partial charge in [0.1, 0.15) is 5.54 Å². The zero-order chi connectivity index (χ0) is 6.20. The number of alkyl halides is 2. The van der Waals surface area contributed by atoms with Crippen molar-refractivity contribution in [2.24, 2.45) is 5.73 Å². The third-order valence-corrected chi connectivity index (χ3v) is 1.34. The molecule has 8 heavy (non-hydrogen) atoms. The monoisotopic (exact) mass is 122 g/mol. The fourth-order valence-electron chi connectivity index (χ4n) is 0.568. The molecule has 0 radical (unpaired) electrons. The van der Waals surface area contributed by atoms with Crippen molar-refractivity contribution in [3.63, 3.8) is 0 Å². The van der Waals surface area contributed by atoms with Crippen LogP contribution in [-0.4, -0.2) is 25.1 Å². The van der Waals surface area contributed by atoms with E-state index in [-0.39, 0.29) is 13.1 Å². The van der Waals surface area contributed by atoms with E-state index in [0.29, 0.717) is 0 Å². The Hall–Kier alpha value is -0.220. The highest BCUT2D eigenvalue weighted by atomic mass is 19.3. The van der Waals surface area contributed by atoms with Crippen molar-refractivity contribution in [3.05, 3.63) is 0 Å². The smallest absolute Gasteiger partial charge is 0.258 e. The van der Waals surface area contributed by atoms with Crippen LogP contribution in [-0.2, 0) is 0 Å². The number of nitrogens with two attached hydrogens (primary N) is 1. The summed E-state index contributed by atoms with van der Waals surface area (Å²) in [5.74, 6) is 0. The molecular weight excluding hydrogens is 114 g/mol. The lowest BCUT2D eigenvalue weighted by molar-refractivity contribution is 0.0231. The maximum absolute atomic E-state index is 11.7. The second-order valence-electron chi connectivity index (χ2n) is 2.14. The standard InChI is InChI=1S/C4H8F2N2/c5-3(6)4(7)1-8-2-4/h3,8H,1-2,7H2. The molecule has 48 valence electrons. The van der Waals surface area contributed by atoms with Gasteiger partial charge in [-0.05, 0) is 0 Å². The lowest BCUT2D eigenvalue weighted by Crippen LogP contribution is -2.69. The fourth-order valence-corrected chi connectivity index (χ4v) is 0.568. The van der Waals surface area contributed by atoms with Crippen LogP contribution in [0, 0.1) is 0 Å². The van der Waals surface area contributed by atoms with E-state index in [9.17, 15) is 8.78 Å². The average Bonchev–Trinajstić information content (AvgIpc) is 1.60. The molecule has 0 bridgehead atoms. The van der Waals surface area contributed by atoms with Gasteiger partial charge in [-0.2, -0.15) is 0 Å².